The molecule has 20 heavy (non-hydrogen) atoms. The number of aryl methyl sites for hydroxylation is 2. The van der Waals surface area contributed by atoms with Gasteiger partial charge >= 0.3 is 0 Å². The number of thioether (sulfide) groups is 1. The molecule has 1 heterocycles. The number of nitrogens with one attached hydrogen (secondary N) is 1. The van der Waals surface area contributed by atoms with Crippen LogP contribution in [0.5, 0.6) is 0 Å². The molecule has 0 aliphatic carbocycles. The second kappa shape index (κ2) is 7.10. The van der Waals surface area contributed by atoms with Crippen molar-refractivity contribution in [2.45, 2.75) is 25.2 Å². The zero-order valence-electron chi connectivity index (χ0n) is 11.7. The molecule has 1 aromatic heterocycles. The Bertz CT molecular complexity index is 564. The van der Waals surface area contributed by atoms with Gasteiger partial charge in [0.15, 0.2) is 0 Å². The molecular weight excluding hydrogens is 268 g/mol. The Balaban J connectivity index is 1.75. The minimum atomic E-state index is 0.000893. The quantitative estimate of drug-likeness (QED) is 0.850. The maximum Gasteiger partial charge on any atom is 0.226 e. The van der Waals surface area contributed by atoms with E-state index >= 15 is 0 Å². The van der Waals surface area contributed by atoms with E-state index in [1.54, 1.807) is 18.0 Å². The van der Waals surface area contributed by atoms with Gasteiger partial charge in [0.1, 0.15) is 5.82 Å². The fourth-order valence-electron chi connectivity index (χ4n) is 1.64. The van der Waals surface area contributed by atoms with Crippen molar-refractivity contribution >= 4 is 23.5 Å². The highest BCUT2D eigenvalue weighted by atomic mass is 32.2. The molecule has 2 rings (SSSR count). The number of carbonyl (C=O) groups is 1. The van der Waals surface area contributed by atoms with Crippen molar-refractivity contribution in [3.8, 4) is 0 Å². The Morgan fingerprint density at radius 3 is 2.45 bits per heavy atom. The first-order chi connectivity index (χ1) is 9.63. The molecule has 0 bridgehead atoms. The van der Waals surface area contributed by atoms with Crippen molar-refractivity contribution in [3.63, 3.8) is 0 Å². The van der Waals surface area contributed by atoms with Crippen LogP contribution in [0.3, 0.4) is 0 Å². The Morgan fingerprint density at radius 1 is 1.10 bits per heavy atom. The van der Waals surface area contributed by atoms with Crippen molar-refractivity contribution in [1.82, 2.24) is 4.98 Å². The summed E-state index contributed by atoms with van der Waals surface area (Å²) in [5.41, 5.74) is 2.33. The van der Waals surface area contributed by atoms with Gasteiger partial charge in [-0.3, -0.25) is 4.79 Å². The number of benzene rings is 1. The fraction of sp³-hybridized carbons (Fsp3) is 0.250. The van der Waals surface area contributed by atoms with Crippen molar-refractivity contribution in [2.75, 3.05) is 11.1 Å². The number of carbonyl (C=O) groups excluding carboxylic acids is 1. The van der Waals surface area contributed by atoms with Crippen LogP contribution in [0, 0.1) is 13.8 Å². The predicted octanol–water partition coefficient (Wildman–Crippen LogP) is 3.82. The molecule has 0 aliphatic rings. The van der Waals surface area contributed by atoms with Gasteiger partial charge in [0.05, 0.1) is 0 Å². The molecule has 0 aliphatic heterocycles. The summed E-state index contributed by atoms with van der Waals surface area (Å²) >= 11 is 1.69. The third-order valence-corrected chi connectivity index (χ3v) is 3.81. The molecule has 0 saturated heterocycles. The highest BCUT2D eigenvalue weighted by Gasteiger charge is 2.03. The Labute approximate surface area is 123 Å². The number of hydrogen-bond acceptors (Lipinski definition) is 3. The average Bonchev–Trinajstić information content (AvgIpc) is 2.44. The summed E-state index contributed by atoms with van der Waals surface area (Å²) in [6.45, 7) is 4.04. The van der Waals surface area contributed by atoms with E-state index in [1.807, 2.05) is 19.1 Å². The van der Waals surface area contributed by atoms with Crippen molar-refractivity contribution in [1.29, 1.82) is 0 Å². The molecule has 0 fully saturated rings. The van der Waals surface area contributed by atoms with E-state index in [-0.39, 0.29) is 5.91 Å². The van der Waals surface area contributed by atoms with Crippen LogP contribution in [0.2, 0.25) is 0 Å². The summed E-state index contributed by atoms with van der Waals surface area (Å²) in [7, 11) is 0. The second-order valence-corrected chi connectivity index (χ2v) is 5.85. The molecule has 1 aromatic carbocycles. The van der Waals surface area contributed by atoms with Crippen LogP contribution in [0.25, 0.3) is 0 Å². The molecule has 2 aromatic rings. The SMILES string of the molecule is Cc1ccc(SCCC(=O)Nc2ccc(C)cn2)cc1. The molecule has 4 heteroatoms. The molecule has 104 valence electrons. The summed E-state index contributed by atoms with van der Waals surface area (Å²) < 4.78 is 0. The van der Waals surface area contributed by atoms with Crippen LogP contribution >= 0.6 is 11.8 Å². The monoisotopic (exact) mass is 286 g/mol. The zero-order valence-corrected chi connectivity index (χ0v) is 12.5. The number of anilines is 1. The lowest BCUT2D eigenvalue weighted by Crippen LogP contribution is -2.13. The number of hydrogen-bond donors (Lipinski definition) is 1. The fourth-order valence-corrected chi connectivity index (χ4v) is 2.49. The highest BCUT2D eigenvalue weighted by Crippen LogP contribution is 2.19. The van der Waals surface area contributed by atoms with Crippen molar-refractivity contribution in [2.24, 2.45) is 0 Å². The van der Waals surface area contributed by atoms with Gasteiger partial charge in [-0.05, 0) is 37.6 Å². The first-order valence-electron chi connectivity index (χ1n) is 6.55. The van der Waals surface area contributed by atoms with Crippen molar-refractivity contribution < 1.29 is 4.79 Å². The number of pyridine rings is 1. The summed E-state index contributed by atoms with van der Waals surface area (Å²) in [6.07, 6.45) is 2.23. The summed E-state index contributed by atoms with van der Waals surface area (Å²) in [5, 5.41) is 2.80. The Morgan fingerprint density at radius 2 is 1.80 bits per heavy atom. The van der Waals surface area contributed by atoms with Gasteiger partial charge in [0.25, 0.3) is 0 Å². The highest BCUT2D eigenvalue weighted by molar-refractivity contribution is 7.99. The van der Waals surface area contributed by atoms with E-state index < -0.39 is 0 Å². The first kappa shape index (κ1) is 14.6. The van der Waals surface area contributed by atoms with Crippen molar-refractivity contribution in [3.05, 3.63) is 53.7 Å². The third-order valence-electron chi connectivity index (χ3n) is 2.80. The topological polar surface area (TPSA) is 42.0 Å². The molecule has 3 nitrogen and oxygen atoms in total. The lowest BCUT2D eigenvalue weighted by Gasteiger charge is -2.05. The zero-order chi connectivity index (χ0) is 14.4. The van der Waals surface area contributed by atoms with Crippen LogP contribution in [-0.2, 0) is 4.79 Å². The average molecular weight is 286 g/mol. The van der Waals surface area contributed by atoms with Gasteiger partial charge in [0.2, 0.25) is 5.91 Å². The van der Waals surface area contributed by atoms with Gasteiger partial charge < -0.3 is 5.32 Å². The minimum absolute atomic E-state index is 0.000893. The van der Waals surface area contributed by atoms with E-state index in [9.17, 15) is 4.79 Å². The maximum atomic E-state index is 11.8. The molecule has 1 amide bonds. The molecule has 1 N–H and O–H groups in total. The molecule has 0 radical (unpaired) electrons. The van der Waals surface area contributed by atoms with Gasteiger partial charge in [-0.25, -0.2) is 4.98 Å². The maximum absolute atomic E-state index is 11.8. The Kier molecular flexibility index (Phi) is 5.18. The van der Waals surface area contributed by atoms with E-state index in [0.29, 0.717) is 12.2 Å². The van der Waals surface area contributed by atoms with E-state index in [1.165, 1.54) is 10.5 Å². The second-order valence-electron chi connectivity index (χ2n) is 4.68. The van der Waals surface area contributed by atoms with Crippen LogP contribution in [0.1, 0.15) is 17.5 Å². The van der Waals surface area contributed by atoms with E-state index in [0.717, 1.165) is 11.3 Å². The van der Waals surface area contributed by atoms with Crippen LogP contribution in [0.4, 0.5) is 5.82 Å². The number of nitrogens with zero attached hydrogens (tertiary/aromatic N) is 1. The smallest absolute Gasteiger partial charge is 0.226 e. The lowest BCUT2D eigenvalue weighted by atomic mass is 10.2. The number of amides is 1. The predicted molar refractivity (Wildman–Crippen MR) is 84.1 cm³/mol. The van der Waals surface area contributed by atoms with Crippen LogP contribution < -0.4 is 5.32 Å². The summed E-state index contributed by atoms with van der Waals surface area (Å²) in [6, 6.07) is 12.1. The lowest BCUT2D eigenvalue weighted by molar-refractivity contribution is -0.115. The molecule has 0 saturated carbocycles. The Hall–Kier alpha value is -1.81. The largest absolute Gasteiger partial charge is 0.311 e. The van der Waals surface area contributed by atoms with E-state index in [2.05, 4.69) is 41.5 Å². The standard InChI is InChI=1S/C16H18N2OS/c1-12-3-6-14(7-4-12)20-10-9-16(19)18-15-8-5-13(2)11-17-15/h3-8,11H,9-10H2,1-2H3,(H,17,18,19). The number of rotatable bonds is 5. The van der Waals surface area contributed by atoms with Gasteiger partial charge in [-0.15, -0.1) is 11.8 Å². The third kappa shape index (κ3) is 4.70. The molecule has 0 spiro atoms. The minimum Gasteiger partial charge on any atom is -0.311 e. The van der Waals surface area contributed by atoms with Crippen LogP contribution in [-0.4, -0.2) is 16.6 Å². The first-order valence-corrected chi connectivity index (χ1v) is 7.54. The normalized spacial score (nSPS) is 10.3. The number of aromatic nitrogens is 1. The molecular formula is C16H18N2OS. The van der Waals surface area contributed by atoms with Gasteiger partial charge in [-0.1, -0.05) is 23.8 Å². The van der Waals surface area contributed by atoms with Crippen LogP contribution in [0.15, 0.2) is 47.5 Å². The molecule has 0 atom stereocenters. The summed E-state index contributed by atoms with van der Waals surface area (Å²) in [4.78, 5) is 17.1. The molecule has 0 unspecified atom stereocenters. The van der Waals surface area contributed by atoms with E-state index in [4.69, 9.17) is 0 Å². The summed E-state index contributed by atoms with van der Waals surface area (Å²) in [5.74, 6) is 1.38. The van der Waals surface area contributed by atoms with Gasteiger partial charge in [-0.2, -0.15) is 0 Å². The van der Waals surface area contributed by atoms with Gasteiger partial charge in [0, 0.05) is 23.3 Å².